The first kappa shape index (κ1) is 42.6. The minimum absolute atomic E-state index is 0.0376. The van der Waals surface area contributed by atoms with Gasteiger partial charge in [0, 0.05) is 3.57 Å². The summed E-state index contributed by atoms with van der Waals surface area (Å²) < 4.78 is 31.1. The Balaban J connectivity index is 0.000000174. The van der Waals surface area contributed by atoms with Crippen LogP contribution in [-0.4, -0.2) is 53.5 Å². The second-order valence-electron chi connectivity index (χ2n) is 17.1. The van der Waals surface area contributed by atoms with Crippen LogP contribution >= 0.6 is 45.2 Å². The van der Waals surface area contributed by atoms with Gasteiger partial charge in [0.1, 0.15) is 23.1 Å². The smallest absolute Gasteiger partial charge is 0.312 e. The molecule has 2 bridgehead atoms. The first-order valence-corrected chi connectivity index (χ1v) is 21.4. The lowest BCUT2D eigenvalue weighted by molar-refractivity contribution is -0.169. The van der Waals surface area contributed by atoms with Crippen LogP contribution < -0.4 is 4.74 Å². The molecule has 51 heavy (non-hydrogen) atoms. The Labute approximate surface area is 334 Å². The highest BCUT2D eigenvalue weighted by atomic mass is 127. The molecule has 1 aromatic carbocycles. The van der Waals surface area contributed by atoms with Crippen molar-refractivity contribution in [2.24, 2.45) is 16.7 Å². The van der Waals surface area contributed by atoms with Crippen molar-refractivity contribution >= 4 is 63.1 Å². The molecule has 0 aromatic heterocycles. The van der Waals surface area contributed by atoms with Crippen molar-refractivity contribution < 1.29 is 38.1 Å². The molecular formula is C41H62I2O8. The third-order valence-corrected chi connectivity index (χ3v) is 13.5. The number of carbonyl (C=O) groups excluding carboxylic acids is 3. The van der Waals surface area contributed by atoms with E-state index in [1.165, 1.54) is 51.2 Å². The van der Waals surface area contributed by atoms with Gasteiger partial charge in [-0.25, -0.2) is 0 Å². The second-order valence-corrected chi connectivity index (χ2v) is 19.6. The molecule has 1 aromatic rings. The molecule has 3 aliphatic heterocycles. The summed E-state index contributed by atoms with van der Waals surface area (Å²) in [5.41, 5.74) is 0.417. The Kier molecular flexibility index (Phi) is 14.3. The van der Waals surface area contributed by atoms with E-state index in [2.05, 4.69) is 85.0 Å². The number of esters is 3. The summed E-state index contributed by atoms with van der Waals surface area (Å²) in [6.45, 7) is 20.5. The zero-order valence-corrected chi connectivity index (χ0v) is 36.9. The van der Waals surface area contributed by atoms with Gasteiger partial charge in [-0.3, -0.25) is 14.4 Å². The SMILES string of the molecule is CCC(C)(C)C(=O)OC1(C)CCCC1.CCC(C)(C)C(=O)OC1C2CC3C(=O)OC1C3O2.CCC(C)c1cc(I)cc(I)c1OC1(C)CCCC1. The van der Waals surface area contributed by atoms with Crippen LogP contribution in [0.3, 0.4) is 0 Å². The van der Waals surface area contributed by atoms with Gasteiger partial charge in [-0.15, -0.1) is 0 Å². The van der Waals surface area contributed by atoms with Crippen molar-refractivity contribution in [3.63, 3.8) is 0 Å². The average molecular weight is 937 g/mol. The van der Waals surface area contributed by atoms with Crippen LogP contribution in [-0.2, 0) is 33.3 Å². The van der Waals surface area contributed by atoms with Crippen LogP contribution in [0.1, 0.15) is 158 Å². The highest BCUT2D eigenvalue weighted by Gasteiger charge is 2.65. The van der Waals surface area contributed by atoms with Crippen LogP contribution in [0.2, 0.25) is 0 Å². The summed E-state index contributed by atoms with van der Waals surface area (Å²) in [4.78, 5) is 35.4. The summed E-state index contributed by atoms with van der Waals surface area (Å²) >= 11 is 4.83. The van der Waals surface area contributed by atoms with E-state index in [0.717, 1.165) is 31.4 Å². The molecule has 10 heteroatoms. The zero-order chi connectivity index (χ0) is 37.9. The number of hydrogen-bond donors (Lipinski definition) is 0. The fourth-order valence-corrected chi connectivity index (χ4v) is 9.29. The van der Waals surface area contributed by atoms with E-state index in [1.54, 1.807) is 0 Å². The summed E-state index contributed by atoms with van der Waals surface area (Å²) in [7, 11) is 0. The van der Waals surface area contributed by atoms with E-state index in [0.29, 0.717) is 18.8 Å². The third-order valence-electron chi connectivity index (χ3n) is 12.1. The predicted octanol–water partition coefficient (Wildman–Crippen LogP) is 10.5. The molecule has 5 aliphatic rings. The number of ether oxygens (including phenoxy) is 5. The minimum atomic E-state index is -0.510. The molecule has 2 aliphatic carbocycles. The van der Waals surface area contributed by atoms with Crippen LogP contribution in [0.15, 0.2) is 12.1 Å². The van der Waals surface area contributed by atoms with Gasteiger partial charge in [0.05, 0.1) is 26.4 Å². The third kappa shape index (κ3) is 10.1. The number of rotatable bonds is 10. The van der Waals surface area contributed by atoms with Crippen molar-refractivity contribution in [2.45, 2.75) is 188 Å². The fraction of sp³-hybridized carbons (Fsp3) is 0.780. The highest BCUT2D eigenvalue weighted by molar-refractivity contribution is 14.1. The van der Waals surface area contributed by atoms with Gasteiger partial charge < -0.3 is 23.7 Å². The lowest BCUT2D eigenvalue weighted by Crippen LogP contribution is -2.42. The topological polar surface area (TPSA) is 97.4 Å². The van der Waals surface area contributed by atoms with Gasteiger partial charge in [0.15, 0.2) is 12.2 Å². The van der Waals surface area contributed by atoms with Crippen molar-refractivity contribution in [3.8, 4) is 5.75 Å². The van der Waals surface area contributed by atoms with E-state index in [9.17, 15) is 14.4 Å². The van der Waals surface area contributed by atoms with Crippen LogP contribution in [0, 0.1) is 23.9 Å². The van der Waals surface area contributed by atoms with Gasteiger partial charge in [-0.1, -0.05) is 27.7 Å². The quantitative estimate of drug-likeness (QED) is 0.130. The van der Waals surface area contributed by atoms with E-state index < -0.39 is 17.6 Å². The first-order valence-electron chi connectivity index (χ1n) is 19.3. The Morgan fingerprint density at radius 2 is 1.43 bits per heavy atom. The maximum absolute atomic E-state index is 12.1. The monoisotopic (exact) mass is 936 g/mol. The van der Waals surface area contributed by atoms with Crippen LogP contribution in [0.5, 0.6) is 5.75 Å². The molecule has 0 N–H and O–H groups in total. The molecule has 2 saturated carbocycles. The zero-order valence-electron chi connectivity index (χ0n) is 32.6. The summed E-state index contributed by atoms with van der Waals surface area (Å²) in [5, 5.41) is 0. The average Bonchev–Trinajstić information content (AvgIpc) is 3.90. The molecule has 0 amide bonds. The standard InChI is InChI=1S/C16H22I2O.C13H18O5.C12H22O2/c1-4-11(2)13-9-12(17)10-14(18)15(13)19-16(3)7-5-6-8-16;1-4-13(2,3)12(15)18-9-7-5-6-8(16-7)10(9)17-11(6)14;1-5-11(2,3)10(13)14-12(4)8-6-7-9-12/h9-11H,4-8H2,1-3H3;6-10H,4-5H2,1-3H3;5-9H2,1-4H3. The van der Waals surface area contributed by atoms with Crippen molar-refractivity contribution in [3.05, 3.63) is 24.8 Å². The van der Waals surface area contributed by atoms with E-state index in [4.69, 9.17) is 23.7 Å². The minimum Gasteiger partial charge on any atom is -0.486 e. The number of hydrogen-bond acceptors (Lipinski definition) is 8. The van der Waals surface area contributed by atoms with Gasteiger partial charge in [-0.2, -0.15) is 0 Å². The Morgan fingerprint density at radius 3 is 1.98 bits per heavy atom. The predicted molar refractivity (Wildman–Crippen MR) is 216 cm³/mol. The van der Waals surface area contributed by atoms with Crippen molar-refractivity contribution in [1.82, 2.24) is 0 Å². The Bertz CT molecular complexity index is 1390. The van der Waals surface area contributed by atoms with E-state index in [-0.39, 0.29) is 52.7 Å². The first-order chi connectivity index (χ1) is 23.8. The molecular weight excluding hydrogens is 874 g/mol. The van der Waals surface area contributed by atoms with Crippen LogP contribution in [0.4, 0.5) is 0 Å². The summed E-state index contributed by atoms with van der Waals surface area (Å²) in [6, 6.07) is 4.52. The van der Waals surface area contributed by atoms with Crippen molar-refractivity contribution in [2.75, 3.05) is 0 Å². The molecule has 3 saturated heterocycles. The fourth-order valence-electron chi connectivity index (χ4n) is 7.29. The second kappa shape index (κ2) is 17.1. The van der Waals surface area contributed by atoms with Gasteiger partial charge in [0.2, 0.25) is 0 Å². The van der Waals surface area contributed by atoms with E-state index >= 15 is 0 Å². The molecule has 6 atom stereocenters. The maximum Gasteiger partial charge on any atom is 0.312 e. The summed E-state index contributed by atoms with van der Waals surface area (Å²) in [5.74, 6) is 1.06. The Hall–Kier alpha value is -1.15. The highest BCUT2D eigenvalue weighted by Crippen LogP contribution is 2.48. The van der Waals surface area contributed by atoms with Crippen LogP contribution in [0.25, 0.3) is 0 Å². The molecule has 288 valence electrons. The molecule has 8 nitrogen and oxygen atoms in total. The Morgan fingerprint density at radius 1 is 0.882 bits per heavy atom. The normalized spacial score (nSPS) is 27.5. The molecule has 6 unspecified atom stereocenters. The molecule has 0 spiro atoms. The van der Waals surface area contributed by atoms with E-state index in [1.807, 2.05) is 41.5 Å². The number of carbonyl (C=O) groups is 3. The number of fused-ring (bicyclic) bond motifs is 1. The molecule has 5 fully saturated rings. The van der Waals surface area contributed by atoms with Gasteiger partial charge in [-0.05, 0) is 187 Å². The lowest BCUT2D eigenvalue weighted by atomic mass is 9.87. The summed E-state index contributed by atoms with van der Waals surface area (Å²) in [6.07, 6.45) is 11.5. The molecule has 3 heterocycles. The number of benzene rings is 1. The number of halogens is 2. The van der Waals surface area contributed by atoms with Crippen molar-refractivity contribution in [1.29, 1.82) is 0 Å². The molecule has 0 radical (unpaired) electrons. The lowest BCUT2D eigenvalue weighted by Gasteiger charge is -2.29. The largest absolute Gasteiger partial charge is 0.486 e. The maximum atomic E-state index is 12.1. The van der Waals surface area contributed by atoms with Gasteiger partial charge >= 0.3 is 17.9 Å². The molecule has 6 rings (SSSR count). The van der Waals surface area contributed by atoms with Gasteiger partial charge in [0.25, 0.3) is 0 Å².